The van der Waals surface area contributed by atoms with E-state index in [0.29, 0.717) is 71.5 Å². The highest BCUT2D eigenvalue weighted by Gasteiger charge is 2.47. The average Bonchev–Trinajstić information content (AvgIpc) is 3.48. The van der Waals surface area contributed by atoms with Crippen LogP contribution in [0.2, 0.25) is 0 Å². The van der Waals surface area contributed by atoms with Gasteiger partial charge in [0.2, 0.25) is 15.2 Å². The van der Waals surface area contributed by atoms with Crippen molar-refractivity contribution in [1.82, 2.24) is 39.8 Å². The molecular formula is C27H22F2N10O3S2. The molecule has 2 N–H and O–H groups in total. The molecule has 0 radical (unpaired) electrons. The molecule has 2 fully saturated rings. The molecule has 2 aliphatic rings. The maximum absolute atomic E-state index is 13.6. The molecule has 0 bridgehead atoms. The van der Waals surface area contributed by atoms with E-state index >= 15 is 0 Å². The van der Waals surface area contributed by atoms with Crippen LogP contribution in [0.1, 0.15) is 34.6 Å². The van der Waals surface area contributed by atoms with Crippen molar-refractivity contribution in [1.29, 1.82) is 5.26 Å². The molecular weight excluding hydrogens is 614 g/mol. The number of anilines is 1. The lowest BCUT2D eigenvalue weighted by Crippen LogP contribution is -2.55. The minimum atomic E-state index is -4.13. The minimum absolute atomic E-state index is 0.0490. The average molecular weight is 637 g/mol. The summed E-state index contributed by atoms with van der Waals surface area (Å²) >= 11 is 0.648. The first-order chi connectivity index (χ1) is 21.2. The lowest BCUT2D eigenvalue weighted by molar-refractivity contribution is 0.0950. The second kappa shape index (κ2) is 10.6. The zero-order valence-corrected chi connectivity index (χ0v) is 24.3. The maximum Gasteiger partial charge on any atom is 0.291 e. The molecule has 44 heavy (non-hydrogen) atoms. The highest BCUT2D eigenvalue weighted by molar-refractivity contribution is 7.89. The molecule has 17 heteroatoms. The fourth-order valence-electron chi connectivity index (χ4n) is 5.36. The predicted octanol–water partition coefficient (Wildman–Crippen LogP) is 2.75. The van der Waals surface area contributed by atoms with Crippen molar-refractivity contribution in [3.8, 4) is 11.2 Å². The number of pyridine rings is 1. The van der Waals surface area contributed by atoms with Crippen LogP contribution in [0.15, 0.2) is 53.9 Å². The Labute approximate surface area is 252 Å². The number of nitriles is 1. The topological polar surface area (TPSA) is 172 Å². The van der Waals surface area contributed by atoms with Gasteiger partial charge in [-0.15, -0.1) is 10.2 Å². The van der Waals surface area contributed by atoms with Gasteiger partial charge in [0.1, 0.15) is 23.7 Å². The molecule has 1 aliphatic carbocycles. The number of nitrogens with zero attached hydrogens (tertiary/aromatic N) is 8. The molecule has 1 atom stereocenters. The SMILES string of the molecule is N#CC1(NS(=O)(=O)c2ccc3c4c(N5CCNCC5C(=O)c5ccncc5)ncnc4n(-c4nnc(C(F)F)s4)c3c2)CC1. The van der Waals surface area contributed by atoms with E-state index < -0.39 is 33.0 Å². The number of nitrogens with one attached hydrogen (secondary N) is 2. The summed E-state index contributed by atoms with van der Waals surface area (Å²) in [5, 5.41) is 20.9. The van der Waals surface area contributed by atoms with Crippen molar-refractivity contribution < 1.29 is 22.0 Å². The molecule has 13 nitrogen and oxygen atoms in total. The van der Waals surface area contributed by atoms with Gasteiger partial charge in [-0.05, 0) is 37.1 Å². The molecule has 1 saturated heterocycles. The summed E-state index contributed by atoms with van der Waals surface area (Å²) in [5.74, 6) is 0.271. The van der Waals surface area contributed by atoms with Gasteiger partial charge in [-0.1, -0.05) is 17.4 Å². The van der Waals surface area contributed by atoms with Gasteiger partial charge in [0.25, 0.3) is 6.43 Å². The van der Waals surface area contributed by atoms with Crippen molar-refractivity contribution in [2.24, 2.45) is 0 Å². The zero-order chi connectivity index (χ0) is 30.6. The number of piperazine rings is 1. The third-order valence-corrected chi connectivity index (χ3v) is 10.1. The Kier molecular flexibility index (Phi) is 6.81. The number of carbonyl (C=O) groups excluding carboxylic acids is 1. The van der Waals surface area contributed by atoms with Crippen LogP contribution in [0.4, 0.5) is 14.6 Å². The second-order valence-electron chi connectivity index (χ2n) is 10.4. The van der Waals surface area contributed by atoms with Gasteiger partial charge < -0.3 is 10.2 Å². The number of hydrogen-bond donors (Lipinski definition) is 2. The third-order valence-electron chi connectivity index (χ3n) is 7.69. The maximum atomic E-state index is 13.6. The number of carbonyl (C=O) groups is 1. The van der Waals surface area contributed by atoms with E-state index in [0.717, 1.165) is 0 Å². The monoisotopic (exact) mass is 636 g/mol. The quantitative estimate of drug-likeness (QED) is 0.240. The highest BCUT2D eigenvalue weighted by Crippen LogP contribution is 2.40. The number of Topliss-reactive ketones (excluding diaryl/α,β-unsaturated/α-hetero) is 1. The fourth-order valence-corrected chi connectivity index (χ4v) is 7.47. The van der Waals surface area contributed by atoms with E-state index in [1.54, 1.807) is 30.6 Å². The van der Waals surface area contributed by atoms with Crippen LogP contribution in [0.25, 0.3) is 27.1 Å². The van der Waals surface area contributed by atoms with Gasteiger partial charge >= 0.3 is 0 Å². The number of rotatable bonds is 8. The Morgan fingerprint density at radius 1 is 1.18 bits per heavy atom. The van der Waals surface area contributed by atoms with Gasteiger partial charge in [-0.2, -0.15) is 9.98 Å². The minimum Gasteiger partial charge on any atom is -0.343 e. The molecule has 0 amide bonds. The molecule has 1 saturated carbocycles. The molecule has 224 valence electrons. The molecule has 0 spiro atoms. The van der Waals surface area contributed by atoms with E-state index in [4.69, 9.17) is 0 Å². The summed E-state index contributed by atoms with van der Waals surface area (Å²) in [4.78, 5) is 28.4. The standard InChI is InChI=1S/C27H22F2N10O3S2/c28-22(29)25-35-36-26(43-25)39-18-11-16(44(41,42)37-27(13-30)5-6-27)1-2-17(18)20-23(33-14-34-24(20)39)38-10-9-32-12-19(38)21(40)15-3-7-31-8-4-15/h1-4,7-8,11,14,19,22,32,37H,5-6,9-10,12H2. The molecule has 1 aliphatic heterocycles. The normalized spacial score (nSPS) is 18.1. The van der Waals surface area contributed by atoms with Crippen LogP contribution < -0.4 is 14.9 Å². The number of benzene rings is 1. The summed E-state index contributed by atoms with van der Waals surface area (Å²) in [5.41, 5.74) is -0.0965. The Balaban J connectivity index is 1.43. The van der Waals surface area contributed by atoms with Gasteiger partial charge in [0.15, 0.2) is 16.4 Å². The van der Waals surface area contributed by atoms with E-state index in [1.807, 2.05) is 11.0 Å². The summed E-state index contributed by atoms with van der Waals surface area (Å²) in [6.45, 7) is 1.32. The molecule has 1 aromatic carbocycles. The van der Waals surface area contributed by atoms with Crippen molar-refractivity contribution in [3.05, 3.63) is 59.6 Å². The van der Waals surface area contributed by atoms with E-state index in [-0.39, 0.29) is 21.5 Å². The first-order valence-electron chi connectivity index (χ1n) is 13.5. The second-order valence-corrected chi connectivity index (χ2v) is 13.1. The molecule has 5 aromatic rings. The fraction of sp³-hybridized carbons (Fsp3) is 0.296. The van der Waals surface area contributed by atoms with Crippen LogP contribution in [0.3, 0.4) is 0 Å². The van der Waals surface area contributed by atoms with E-state index in [1.165, 1.54) is 23.0 Å². The first kappa shape index (κ1) is 28.3. The summed E-state index contributed by atoms with van der Waals surface area (Å²) in [6, 6.07) is 9.02. The van der Waals surface area contributed by atoms with Crippen molar-refractivity contribution in [3.63, 3.8) is 0 Å². The highest BCUT2D eigenvalue weighted by atomic mass is 32.2. The lowest BCUT2D eigenvalue weighted by Gasteiger charge is -2.36. The van der Waals surface area contributed by atoms with Crippen LogP contribution in [0.5, 0.6) is 0 Å². The van der Waals surface area contributed by atoms with Crippen LogP contribution in [-0.4, -0.2) is 75.1 Å². The first-order valence-corrected chi connectivity index (χ1v) is 15.8. The number of hydrogen-bond acceptors (Lipinski definition) is 12. The van der Waals surface area contributed by atoms with Crippen molar-refractivity contribution in [2.75, 3.05) is 24.5 Å². The van der Waals surface area contributed by atoms with Gasteiger partial charge in [-0.3, -0.25) is 14.3 Å². The van der Waals surface area contributed by atoms with Gasteiger partial charge in [-0.25, -0.2) is 27.2 Å². The number of ketones is 1. The molecule has 1 unspecified atom stereocenters. The smallest absolute Gasteiger partial charge is 0.291 e. The van der Waals surface area contributed by atoms with Crippen LogP contribution >= 0.6 is 11.3 Å². The number of alkyl halides is 2. The number of fused-ring (bicyclic) bond motifs is 3. The predicted molar refractivity (Wildman–Crippen MR) is 155 cm³/mol. The van der Waals surface area contributed by atoms with Crippen molar-refractivity contribution >= 4 is 54.9 Å². The zero-order valence-electron chi connectivity index (χ0n) is 22.7. The number of halogens is 2. The van der Waals surface area contributed by atoms with Gasteiger partial charge in [0, 0.05) is 43.0 Å². The lowest BCUT2D eigenvalue weighted by atomic mass is 10.0. The van der Waals surface area contributed by atoms with Crippen molar-refractivity contribution in [2.45, 2.75) is 35.7 Å². The Bertz CT molecular complexity index is 2070. The Hall–Kier alpha value is -4.50. The Morgan fingerprint density at radius 3 is 2.68 bits per heavy atom. The third kappa shape index (κ3) is 4.76. The largest absolute Gasteiger partial charge is 0.343 e. The summed E-state index contributed by atoms with van der Waals surface area (Å²) < 4.78 is 57.7. The van der Waals surface area contributed by atoms with E-state index in [9.17, 15) is 27.3 Å². The Morgan fingerprint density at radius 2 is 1.98 bits per heavy atom. The molecule has 7 rings (SSSR count). The number of sulfonamides is 1. The summed E-state index contributed by atoms with van der Waals surface area (Å²) in [7, 11) is -4.13. The molecule has 5 heterocycles. The van der Waals surface area contributed by atoms with Crippen LogP contribution in [-0.2, 0) is 10.0 Å². The molecule has 4 aromatic heterocycles. The summed E-state index contributed by atoms with van der Waals surface area (Å²) in [6.07, 6.45) is 2.33. The van der Waals surface area contributed by atoms with Gasteiger partial charge in [0.05, 0.1) is 21.9 Å². The van der Waals surface area contributed by atoms with Crippen LogP contribution in [0, 0.1) is 11.3 Å². The number of aromatic nitrogens is 6. The van der Waals surface area contributed by atoms with E-state index in [2.05, 4.69) is 35.2 Å².